The molecule has 0 radical (unpaired) electrons. The number of furan rings is 1. The standard InChI is InChI=1S/C31H31NOS/c1-22-8-7-18-32(22)19-17-25-20-29-23(10-6-13-30(29)33-25)15-16-27-26-11-3-2-9-24(26)21-34-31-14-5-4-12-28(27)31/h2-6,9-14,16,20,22H,7-8,15,17-19,21H2,1H3/b27-16-/t22-/m1/s1. The van der Waals surface area contributed by atoms with E-state index >= 15 is 0 Å². The van der Waals surface area contributed by atoms with Crippen LogP contribution in [0.2, 0.25) is 0 Å². The van der Waals surface area contributed by atoms with Crippen molar-refractivity contribution in [1.82, 2.24) is 4.90 Å². The highest BCUT2D eigenvalue weighted by molar-refractivity contribution is 7.98. The maximum Gasteiger partial charge on any atom is 0.134 e. The van der Waals surface area contributed by atoms with Gasteiger partial charge in [0.1, 0.15) is 11.3 Å². The minimum Gasteiger partial charge on any atom is -0.461 e. The van der Waals surface area contributed by atoms with Gasteiger partial charge in [0, 0.05) is 35.0 Å². The van der Waals surface area contributed by atoms with Crippen molar-refractivity contribution in [3.05, 3.63) is 107 Å². The molecule has 2 nitrogen and oxygen atoms in total. The molecule has 4 aromatic rings. The Balaban J connectivity index is 1.32. The lowest BCUT2D eigenvalue weighted by atomic mass is 9.92. The number of hydrogen-bond acceptors (Lipinski definition) is 3. The van der Waals surface area contributed by atoms with E-state index in [2.05, 4.69) is 90.7 Å². The molecule has 172 valence electrons. The van der Waals surface area contributed by atoms with Crippen molar-refractivity contribution in [3.63, 3.8) is 0 Å². The van der Waals surface area contributed by atoms with Gasteiger partial charge in [-0.05, 0) is 78.8 Å². The zero-order chi connectivity index (χ0) is 22.9. The molecule has 3 aromatic carbocycles. The number of rotatable bonds is 5. The molecule has 0 aliphatic carbocycles. The van der Waals surface area contributed by atoms with E-state index in [-0.39, 0.29) is 0 Å². The molecule has 0 saturated carbocycles. The molecule has 0 N–H and O–H groups in total. The summed E-state index contributed by atoms with van der Waals surface area (Å²) in [4.78, 5) is 3.96. The summed E-state index contributed by atoms with van der Waals surface area (Å²) in [6.45, 7) is 4.66. The lowest BCUT2D eigenvalue weighted by Gasteiger charge is -2.19. The van der Waals surface area contributed by atoms with Gasteiger partial charge >= 0.3 is 0 Å². The van der Waals surface area contributed by atoms with Crippen molar-refractivity contribution < 1.29 is 4.42 Å². The maximum absolute atomic E-state index is 6.28. The Labute approximate surface area is 206 Å². The third-order valence-electron chi connectivity index (χ3n) is 7.43. The third-order valence-corrected chi connectivity index (χ3v) is 8.56. The average Bonchev–Trinajstić information content (AvgIpc) is 3.44. The van der Waals surface area contributed by atoms with Crippen LogP contribution in [-0.2, 0) is 18.6 Å². The highest BCUT2D eigenvalue weighted by Crippen LogP contribution is 2.40. The van der Waals surface area contributed by atoms with Gasteiger partial charge in [-0.25, -0.2) is 0 Å². The zero-order valence-electron chi connectivity index (χ0n) is 19.8. The van der Waals surface area contributed by atoms with E-state index in [1.54, 1.807) is 0 Å². The summed E-state index contributed by atoms with van der Waals surface area (Å²) in [5.41, 5.74) is 7.81. The molecular formula is C31H31NOS. The Morgan fingerprint density at radius 1 is 1.00 bits per heavy atom. The molecule has 0 unspecified atom stereocenters. The number of likely N-dealkylation sites (tertiary alicyclic amines) is 1. The van der Waals surface area contributed by atoms with Gasteiger partial charge in [0.2, 0.25) is 0 Å². The van der Waals surface area contributed by atoms with E-state index in [0.29, 0.717) is 6.04 Å². The summed E-state index contributed by atoms with van der Waals surface area (Å²) in [5, 5.41) is 1.26. The van der Waals surface area contributed by atoms with Gasteiger partial charge in [-0.1, -0.05) is 60.7 Å². The quantitative estimate of drug-likeness (QED) is 0.300. The minimum atomic E-state index is 0.704. The lowest BCUT2D eigenvalue weighted by molar-refractivity contribution is 0.266. The Bertz CT molecular complexity index is 1300. The molecular weight excluding hydrogens is 434 g/mol. The Morgan fingerprint density at radius 2 is 1.85 bits per heavy atom. The van der Waals surface area contributed by atoms with Gasteiger partial charge in [-0.3, -0.25) is 0 Å². The summed E-state index contributed by atoms with van der Waals surface area (Å²) in [6.07, 6.45) is 6.95. The van der Waals surface area contributed by atoms with Crippen LogP contribution in [0.15, 0.2) is 88.2 Å². The number of thioether (sulfide) groups is 1. The first-order chi connectivity index (χ1) is 16.8. The van der Waals surface area contributed by atoms with Gasteiger partial charge in [-0.2, -0.15) is 0 Å². The van der Waals surface area contributed by atoms with Crippen LogP contribution in [0.3, 0.4) is 0 Å². The Kier molecular flexibility index (Phi) is 6.07. The Hall–Kier alpha value is -2.75. The summed E-state index contributed by atoms with van der Waals surface area (Å²) < 4.78 is 6.28. The molecule has 1 fully saturated rings. The third kappa shape index (κ3) is 4.23. The number of fused-ring (bicyclic) bond motifs is 3. The predicted octanol–water partition coefficient (Wildman–Crippen LogP) is 7.74. The highest BCUT2D eigenvalue weighted by atomic mass is 32.2. The van der Waals surface area contributed by atoms with Gasteiger partial charge in [0.05, 0.1) is 0 Å². The van der Waals surface area contributed by atoms with E-state index in [4.69, 9.17) is 4.42 Å². The number of nitrogens with zero attached hydrogens (tertiary/aromatic N) is 1. The van der Waals surface area contributed by atoms with Gasteiger partial charge in [-0.15, -0.1) is 11.8 Å². The molecule has 34 heavy (non-hydrogen) atoms. The van der Waals surface area contributed by atoms with Crippen LogP contribution in [0.5, 0.6) is 0 Å². The fraction of sp³-hybridized carbons (Fsp3) is 0.290. The van der Waals surface area contributed by atoms with Crippen molar-refractivity contribution in [2.75, 3.05) is 13.1 Å². The number of allylic oxidation sites excluding steroid dienone is 1. The van der Waals surface area contributed by atoms with Crippen LogP contribution in [0.1, 0.15) is 47.8 Å². The second kappa shape index (κ2) is 9.48. The van der Waals surface area contributed by atoms with Crippen molar-refractivity contribution in [1.29, 1.82) is 0 Å². The summed E-state index contributed by atoms with van der Waals surface area (Å²) in [5.74, 6) is 2.12. The molecule has 2 aliphatic heterocycles. The summed E-state index contributed by atoms with van der Waals surface area (Å²) >= 11 is 1.94. The second-order valence-corrected chi connectivity index (χ2v) is 10.6. The topological polar surface area (TPSA) is 16.4 Å². The molecule has 3 heteroatoms. The van der Waals surface area contributed by atoms with E-state index in [1.807, 2.05) is 11.8 Å². The molecule has 1 aromatic heterocycles. The first-order valence-electron chi connectivity index (χ1n) is 12.5. The van der Waals surface area contributed by atoms with Crippen LogP contribution in [0.25, 0.3) is 16.5 Å². The van der Waals surface area contributed by atoms with Crippen molar-refractivity contribution >= 4 is 28.3 Å². The SMILES string of the molecule is C[C@@H]1CCCN1CCc1cc2c(C/C=C3/c4ccccc4CSc4ccccc43)cccc2o1. The predicted molar refractivity (Wildman–Crippen MR) is 143 cm³/mol. The van der Waals surface area contributed by atoms with Crippen LogP contribution >= 0.6 is 11.8 Å². The molecule has 1 saturated heterocycles. The zero-order valence-corrected chi connectivity index (χ0v) is 20.6. The van der Waals surface area contributed by atoms with Crippen molar-refractivity contribution in [3.8, 4) is 0 Å². The monoisotopic (exact) mass is 465 g/mol. The van der Waals surface area contributed by atoms with E-state index < -0.39 is 0 Å². The van der Waals surface area contributed by atoms with Crippen molar-refractivity contribution in [2.45, 2.75) is 49.3 Å². The van der Waals surface area contributed by atoms with E-state index in [9.17, 15) is 0 Å². The Morgan fingerprint density at radius 3 is 2.74 bits per heavy atom. The second-order valence-electron chi connectivity index (χ2n) is 9.58. The molecule has 2 aliphatic rings. The fourth-order valence-electron chi connectivity index (χ4n) is 5.51. The molecule has 3 heterocycles. The minimum absolute atomic E-state index is 0.704. The molecule has 6 rings (SSSR count). The van der Waals surface area contributed by atoms with Crippen LogP contribution in [0.4, 0.5) is 0 Å². The normalized spacial score (nSPS) is 19.3. The van der Waals surface area contributed by atoms with E-state index in [1.165, 1.54) is 57.5 Å². The van der Waals surface area contributed by atoms with Gasteiger partial charge in [0.25, 0.3) is 0 Å². The fourth-order valence-corrected chi connectivity index (χ4v) is 6.58. The van der Waals surface area contributed by atoms with E-state index in [0.717, 1.165) is 36.5 Å². The van der Waals surface area contributed by atoms with Gasteiger partial charge in [0.15, 0.2) is 0 Å². The highest BCUT2D eigenvalue weighted by Gasteiger charge is 2.21. The molecule has 0 amide bonds. The maximum atomic E-state index is 6.28. The molecule has 1 atom stereocenters. The number of benzene rings is 3. The van der Waals surface area contributed by atoms with Crippen LogP contribution in [0, 0.1) is 0 Å². The van der Waals surface area contributed by atoms with Crippen LogP contribution < -0.4 is 0 Å². The van der Waals surface area contributed by atoms with Crippen molar-refractivity contribution in [2.24, 2.45) is 0 Å². The van der Waals surface area contributed by atoms with Gasteiger partial charge < -0.3 is 9.32 Å². The van der Waals surface area contributed by atoms with Crippen LogP contribution in [-0.4, -0.2) is 24.0 Å². The largest absolute Gasteiger partial charge is 0.461 e. The smallest absolute Gasteiger partial charge is 0.134 e. The molecule has 0 bridgehead atoms. The summed E-state index contributed by atoms with van der Waals surface area (Å²) in [7, 11) is 0. The first kappa shape index (κ1) is 21.8. The lowest BCUT2D eigenvalue weighted by Crippen LogP contribution is -2.28. The molecule has 0 spiro atoms. The average molecular weight is 466 g/mol. The summed E-state index contributed by atoms with van der Waals surface area (Å²) in [6, 6.07) is 27.2. The first-order valence-corrected chi connectivity index (χ1v) is 13.5. The number of hydrogen-bond donors (Lipinski definition) is 0.